The molecule has 0 aliphatic heterocycles. The highest BCUT2D eigenvalue weighted by atomic mass is 16.5. The van der Waals surface area contributed by atoms with Crippen LogP contribution in [0.3, 0.4) is 0 Å². The Labute approximate surface area is 115 Å². The Bertz CT molecular complexity index is 374. The lowest BCUT2D eigenvalue weighted by atomic mass is 9.95. The molecule has 1 fully saturated rings. The highest BCUT2D eigenvalue weighted by Gasteiger charge is 2.23. The molecule has 3 unspecified atom stereocenters. The second-order valence-corrected chi connectivity index (χ2v) is 5.41. The van der Waals surface area contributed by atoms with Gasteiger partial charge >= 0.3 is 0 Å². The van der Waals surface area contributed by atoms with Crippen LogP contribution >= 0.6 is 0 Å². The lowest BCUT2D eigenvalue weighted by Crippen LogP contribution is -2.28. The molecule has 0 amide bonds. The van der Waals surface area contributed by atoms with Crippen molar-refractivity contribution in [2.45, 2.75) is 50.9 Å². The largest absolute Gasteiger partial charge is 0.386 e. The van der Waals surface area contributed by atoms with Crippen LogP contribution in [-0.4, -0.2) is 31.0 Å². The fourth-order valence-corrected chi connectivity index (χ4v) is 2.58. The van der Waals surface area contributed by atoms with E-state index in [1.54, 1.807) is 7.11 Å². The smallest absolute Gasteiger partial charge is 0.102 e. The number of aliphatic hydroxyl groups is 1. The summed E-state index contributed by atoms with van der Waals surface area (Å²) in [5, 5.41) is 10.1. The Morgan fingerprint density at radius 3 is 2.58 bits per heavy atom. The van der Waals surface area contributed by atoms with Gasteiger partial charge in [0, 0.05) is 7.11 Å². The van der Waals surface area contributed by atoms with E-state index in [1.165, 1.54) is 5.56 Å². The molecule has 2 rings (SSSR count). The van der Waals surface area contributed by atoms with Crippen molar-refractivity contribution in [3.8, 4) is 0 Å². The molecular weight excluding hydrogens is 240 g/mol. The summed E-state index contributed by atoms with van der Waals surface area (Å²) in [5.74, 6) is 0. The van der Waals surface area contributed by atoms with E-state index in [0.29, 0.717) is 12.7 Å². The minimum Gasteiger partial charge on any atom is -0.386 e. The Morgan fingerprint density at radius 2 is 1.89 bits per heavy atom. The molecule has 0 heterocycles. The zero-order valence-corrected chi connectivity index (χ0v) is 11.8. The second-order valence-electron chi connectivity index (χ2n) is 5.41. The maximum Gasteiger partial charge on any atom is 0.102 e. The van der Waals surface area contributed by atoms with Gasteiger partial charge in [-0.3, -0.25) is 0 Å². The molecule has 1 aliphatic carbocycles. The molecule has 0 spiro atoms. The minimum absolute atomic E-state index is 0.221. The number of aryl methyl sites for hydroxylation is 1. The fraction of sp³-hybridized carbons (Fsp3) is 0.625. The summed E-state index contributed by atoms with van der Waals surface area (Å²) in [6.45, 7) is 2.41. The van der Waals surface area contributed by atoms with Gasteiger partial charge in [0.2, 0.25) is 0 Å². The van der Waals surface area contributed by atoms with Crippen molar-refractivity contribution in [1.82, 2.24) is 0 Å². The van der Waals surface area contributed by atoms with Crippen LogP contribution in [0.25, 0.3) is 0 Å². The van der Waals surface area contributed by atoms with E-state index in [1.807, 2.05) is 31.2 Å². The van der Waals surface area contributed by atoms with Crippen LogP contribution < -0.4 is 0 Å². The predicted octanol–water partition coefficient (Wildman–Crippen LogP) is 3.00. The van der Waals surface area contributed by atoms with Gasteiger partial charge in [0.25, 0.3) is 0 Å². The SMILES string of the molecule is COC1CCCC(OCC(O)c2ccc(C)cc2)C1. The zero-order chi connectivity index (χ0) is 13.7. The van der Waals surface area contributed by atoms with Crippen LogP contribution in [0.2, 0.25) is 0 Å². The van der Waals surface area contributed by atoms with E-state index < -0.39 is 6.10 Å². The van der Waals surface area contributed by atoms with Crippen molar-refractivity contribution in [1.29, 1.82) is 0 Å². The van der Waals surface area contributed by atoms with Gasteiger partial charge < -0.3 is 14.6 Å². The molecule has 3 nitrogen and oxygen atoms in total. The Balaban J connectivity index is 1.79. The third kappa shape index (κ3) is 4.30. The first-order valence-corrected chi connectivity index (χ1v) is 7.08. The molecule has 1 saturated carbocycles. The summed E-state index contributed by atoms with van der Waals surface area (Å²) in [4.78, 5) is 0. The van der Waals surface area contributed by atoms with Gasteiger partial charge in [0.1, 0.15) is 6.10 Å². The summed E-state index contributed by atoms with van der Waals surface area (Å²) in [7, 11) is 1.76. The van der Waals surface area contributed by atoms with Crippen molar-refractivity contribution < 1.29 is 14.6 Å². The van der Waals surface area contributed by atoms with Gasteiger partial charge in [-0.05, 0) is 38.2 Å². The minimum atomic E-state index is -0.538. The fourth-order valence-electron chi connectivity index (χ4n) is 2.58. The van der Waals surface area contributed by atoms with Gasteiger partial charge in [-0.25, -0.2) is 0 Å². The molecule has 3 heteroatoms. The molecule has 1 aromatic rings. The number of methoxy groups -OCH3 is 1. The number of rotatable bonds is 5. The maximum atomic E-state index is 10.1. The van der Waals surface area contributed by atoms with Gasteiger partial charge in [-0.15, -0.1) is 0 Å². The monoisotopic (exact) mass is 264 g/mol. The lowest BCUT2D eigenvalue weighted by Gasteiger charge is -2.28. The van der Waals surface area contributed by atoms with Crippen molar-refractivity contribution in [2.75, 3.05) is 13.7 Å². The average Bonchev–Trinajstić information content (AvgIpc) is 2.46. The first-order valence-electron chi connectivity index (χ1n) is 7.08. The summed E-state index contributed by atoms with van der Waals surface area (Å²) in [6.07, 6.45) is 4.27. The third-order valence-electron chi connectivity index (χ3n) is 3.86. The van der Waals surface area contributed by atoms with E-state index >= 15 is 0 Å². The number of hydrogen-bond acceptors (Lipinski definition) is 3. The highest BCUT2D eigenvalue weighted by molar-refractivity contribution is 5.23. The second kappa shape index (κ2) is 7.04. The summed E-state index contributed by atoms with van der Waals surface area (Å²) in [5.41, 5.74) is 2.12. The van der Waals surface area contributed by atoms with Crippen LogP contribution in [0.15, 0.2) is 24.3 Å². The van der Waals surface area contributed by atoms with Crippen LogP contribution in [0.1, 0.15) is 42.9 Å². The Kier molecular flexibility index (Phi) is 5.37. The quantitative estimate of drug-likeness (QED) is 0.888. The number of benzene rings is 1. The molecule has 1 N–H and O–H groups in total. The number of hydrogen-bond donors (Lipinski definition) is 1. The van der Waals surface area contributed by atoms with E-state index in [2.05, 4.69) is 0 Å². The topological polar surface area (TPSA) is 38.7 Å². The molecule has 0 saturated heterocycles. The molecule has 106 valence electrons. The van der Waals surface area contributed by atoms with Crippen LogP contribution in [0.4, 0.5) is 0 Å². The van der Waals surface area contributed by atoms with Crippen LogP contribution in [0, 0.1) is 6.92 Å². The number of ether oxygens (including phenoxy) is 2. The lowest BCUT2D eigenvalue weighted by molar-refractivity contribution is -0.0570. The van der Waals surface area contributed by atoms with Crippen molar-refractivity contribution >= 4 is 0 Å². The molecule has 0 aromatic heterocycles. The number of aliphatic hydroxyl groups excluding tert-OH is 1. The van der Waals surface area contributed by atoms with Crippen molar-refractivity contribution in [3.05, 3.63) is 35.4 Å². The van der Waals surface area contributed by atoms with Crippen molar-refractivity contribution in [2.24, 2.45) is 0 Å². The van der Waals surface area contributed by atoms with Crippen LogP contribution in [-0.2, 0) is 9.47 Å². The average molecular weight is 264 g/mol. The normalized spacial score (nSPS) is 25.2. The van der Waals surface area contributed by atoms with Gasteiger partial charge in [0.05, 0.1) is 18.8 Å². The molecule has 3 atom stereocenters. The molecule has 1 aliphatic rings. The van der Waals surface area contributed by atoms with E-state index in [4.69, 9.17) is 9.47 Å². The molecule has 0 radical (unpaired) electrons. The molecule has 19 heavy (non-hydrogen) atoms. The van der Waals surface area contributed by atoms with E-state index in [9.17, 15) is 5.11 Å². The summed E-state index contributed by atoms with van der Waals surface area (Å²) >= 11 is 0. The standard InChI is InChI=1S/C16H24O3/c1-12-6-8-13(9-7-12)16(17)11-19-15-5-3-4-14(10-15)18-2/h6-9,14-17H,3-5,10-11H2,1-2H3. The Morgan fingerprint density at radius 1 is 1.21 bits per heavy atom. The van der Waals surface area contributed by atoms with Gasteiger partial charge in [-0.1, -0.05) is 29.8 Å². The molecular formula is C16H24O3. The summed E-state index contributed by atoms with van der Waals surface area (Å²) < 4.78 is 11.2. The Hall–Kier alpha value is -0.900. The first-order chi connectivity index (χ1) is 9.19. The van der Waals surface area contributed by atoms with Crippen LogP contribution in [0.5, 0.6) is 0 Å². The van der Waals surface area contributed by atoms with E-state index in [-0.39, 0.29) is 6.10 Å². The predicted molar refractivity (Wildman–Crippen MR) is 75.1 cm³/mol. The summed E-state index contributed by atoms with van der Waals surface area (Å²) in [6, 6.07) is 7.95. The van der Waals surface area contributed by atoms with Gasteiger partial charge in [-0.2, -0.15) is 0 Å². The molecule has 1 aromatic carbocycles. The highest BCUT2D eigenvalue weighted by Crippen LogP contribution is 2.24. The first kappa shape index (κ1) is 14.5. The molecule has 0 bridgehead atoms. The third-order valence-corrected chi connectivity index (χ3v) is 3.86. The van der Waals surface area contributed by atoms with Crippen molar-refractivity contribution in [3.63, 3.8) is 0 Å². The zero-order valence-electron chi connectivity index (χ0n) is 11.8. The van der Waals surface area contributed by atoms with E-state index in [0.717, 1.165) is 31.2 Å². The maximum absolute atomic E-state index is 10.1. The van der Waals surface area contributed by atoms with Gasteiger partial charge in [0.15, 0.2) is 0 Å².